The minimum atomic E-state index is -3.95. The maximum Gasteiger partial charge on any atom is 0.339 e. The SMILES string of the molecule is CC(C)(C)c1ccc(OS(=O)(=O)c2ccc(NC(=O)CN)cc2)cc1. The molecule has 0 unspecified atom stereocenters. The van der Waals surface area contributed by atoms with E-state index in [1.807, 2.05) is 12.1 Å². The molecule has 1 amide bonds. The van der Waals surface area contributed by atoms with E-state index in [2.05, 4.69) is 26.1 Å². The summed E-state index contributed by atoms with van der Waals surface area (Å²) in [5.41, 5.74) is 6.73. The van der Waals surface area contributed by atoms with E-state index in [0.29, 0.717) is 5.69 Å². The van der Waals surface area contributed by atoms with Crippen LogP contribution in [0.4, 0.5) is 5.69 Å². The molecule has 0 aromatic heterocycles. The predicted molar refractivity (Wildman–Crippen MR) is 97.1 cm³/mol. The quantitative estimate of drug-likeness (QED) is 0.797. The molecule has 0 aliphatic heterocycles. The smallest absolute Gasteiger partial charge is 0.339 e. The molecule has 0 radical (unpaired) electrons. The van der Waals surface area contributed by atoms with Gasteiger partial charge in [0.2, 0.25) is 5.91 Å². The van der Waals surface area contributed by atoms with Gasteiger partial charge in [0.15, 0.2) is 0 Å². The van der Waals surface area contributed by atoms with Crippen LogP contribution in [0.2, 0.25) is 0 Å². The number of anilines is 1. The van der Waals surface area contributed by atoms with Crippen LogP contribution in [0.15, 0.2) is 53.4 Å². The monoisotopic (exact) mass is 362 g/mol. The highest BCUT2D eigenvalue weighted by molar-refractivity contribution is 7.87. The first kappa shape index (κ1) is 19.0. The van der Waals surface area contributed by atoms with Gasteiger partial charge in [-0.3, -0.25) is 4.79 Å². The van der Waals surface area contributed by atoms with Crippen molar-refractivity contribution in [3.63, 3.8) is 0 Å². The second kappa shape index (κ2) is 7.25. The molecule has 25 heavy (non-hydrogen) atoms. The van der Waals surface area contributed by atoms with Gasteiger partial charge in [-0.15, -0.1) is 0 Å². The number of hydrogen-bond acceptors (Lipinski definition) is 5. The first-order valence-electron chi connectivity index (χ1n) is 7.77. The lowest BCUT2D eigenvalue weighted by atomic mass is 9.87. The van der Waals surface area contributed by atoms with Crippen LogP contribution in [0.25, 0.3) is 0 Å². The van der Waals surface area contributed by atoms with Crippen LogP contribution in [-0.4, -0.2) is 20.9 Å². The van der Waals surface area contributed by atoms with Crippen LogP contribution in [0.5, 0.6) is 5.75 Å². The number of nitrogens with two attached hydrogens (primary N) is 1. The Morgan fingerprint density at radius 2 is 1.60 bits per heavy atom. The fourth-order valence-electron chi connectivity index (χ4n) is 2.10. The third kappa shape index (κ3) is 5.04. The molecule has 7 heteroatoms. The molecule has 6 nitrogen and oxygen atoms in total. The van der Waals surface area contributed by atoms with E-state index in [9.17, 15) is 13.2 Å². The summed E-state index contributed by atoms with van der Waals surface area (Å²) in [7, 11) is -3.95. The Hall–Kier alpha value is -2.38. The molecule has 0 bridgehead atoms. The standard InChI is InChI=1S/C18H22N2O4S/c1-18(2,3)13-4-8-15(9-5-13)24-25(22,23)16-10-6-14(7-11-16)20-17(21)12-19/h4-11H,12,19H2,1-3H3,(H,20,21). The Bertz CT molecular complexity index is 836. The normalized spacial score (nSPS) is 11.8. The Morgan fingerprint density at radius 3 is 2.08 bits per heavy atom. The van der Waals surface area contributed by atoms with Crippen LogP contribution in [0.1, 0.15) is 26.3 Å². The fraction of sp³-hybridized carbons (Fsp3) is 0.278. The summed E-state index contributed by atoms with van der Waals surface area (Å²) in [6.45, 7) is 6.08. The Labute approximate surface area is 148 Å². The summed E-state index contributed by atoms with van der Waals surface area (Å²) in [5.74, 6) is -0.112. The van der Waals surface area contributed by atoms with E-state index in [1.165, 1.54) is 24.3 Å². The largest absolute Gasteiger partial charge is 0.379 e. The number of amides is 1. The van der Waals surface area contributed by atoms with E-state index in [0.717, 1.165) is 5.56 Å². The number of carbonyl (C=O) groups is 1. The van der Waals surface area contributed by atoms with Crippen LogP contribution in [0.3, 0.4) is 0 Å². The zero-order valence-electron chi connectivity index (χ0n) is 14.4. The van der Waals surface area contributed by atoms with E-state index in [1.54, 1.807) is 12.1 Å². The zero-order valence-corrected chi connectivity index (χ0v) is 15.3. The lowest BCUT2D eigenvalue weighted by molar-refractivity contribution is -0.114. The molecule has 0 heterocycles. The molecule has 2 aromatic rings. The predicted octanol–water partition coefficient (Wildman–Crippen LogP) is 2.65. The summed E-state index contributed by atoms with van der Waals surface area (Å²) >= 11 is 0. The third-order valence-corrected chi connectivity index (χ3v) is 4.80. The summed E-state index contributed by atoms with van der Waals surface area (Å²) < 4.78 is 29.8. The molecule has 3 N–H and O–H groups in total. The molecule has 2 rings (SSSR count). The summed E-state index contributed by atoms with van der Waals surface area (Å²) in [4.78, 5) is 11.2. The van der Waals surface area contributed by atoms with Crippen LogP contribution in [-0.2, 0) is 20.3 Å². The second-order valence-electron chi connectivity index (χ2n) is 6.59. The van der Waals surface area contributed by atoms with Crippen molar-refractivity contribution < 1.29 is 17.4 Å². The fourth-order valence-corrected chi connectivity index (χ4v) is 3.03. The maximum absolute atomic E-state index is 12.3. The van der Waals surface area contributed by atoms with Gasteiger partial charge in [-0.2, -0.15) is 8.42 Å². The van der Waals surface area contributed by atoms with Gasteiger partial charge >= 0.3 is 10.1 Å². The Kier molecular flexibility index (Phi) is 5.49. The number of benzene rings is 2. The first-order valence-corrected chi connectivity index (χ1v) is 9.18. The molecule has 134 valence electrons. The van der Waals surface area contributed by atoms with Crippen molar-refractivity contribution in [2.75, 3.05) is 11.9 Å². The highest BCUT2D eigenvalue weighted by atomic mass is 32.2. The molecule has 0 aliphatic rings. The van der Waals surface area contributed by atoms with Gasteiger partial charge in [0, 0.05) is 5.69 Å². The second-order valence-corrected chi connectivity index (χ2v) is 8.13. The zero-order chi connectivity index (χ0) is 18.7. The average Bonchev–Trinajstić information content (AvgIpc) is 2.54. The van der Waals surface area contributed by atoms with E-state index >= 15 is 0 Å². The van der Waals surface area contributed by atoms with E-state index < -0.39 is 10.1 Å². The summed E-state index contributed by atoms with van der Waals surface area (Å²) in [6.07, 6.45) is 0. The van der Waals surface area contributed by atoms with Crippen molar-refractivity contribution in [1.29, 1.82) is 0 Å². The van der Waals surface area contributed by atoms with Crippen molar-refractivity contribution in [3.8, 4) is 5.75 Å². The number of rotatable bonds is 5. The van der Waals surface area contributed by atoms with Gasteiger partial charge in [0.25, 0.3) is 0 Å². The molecule has 0 atom stereocenters. The molecule has 2 aromatic carbocycles. The highest BCUT2D eigenvalue weighted by Crippen LogP contribution is 2.26. The third-order valence-electron chi connectivity index (χ3n) is 3.54. The Balaban J connectivity index is 2.14. The van der Waals surface area contributed by atoms with Crippen molar-refractivity contribution in [1.82, 2.24) is 0 Å². The molecule has 0 aliphatic carbocycles. The van der Waals surface area contributed by atoms with Crippen molar-refractivity contribution in [3.05, 3.63) is 54.1 Å². The number of carbonyl (C=O) groups excluding carboxylic acids is 1. The van der Waals surface area contributed by atoms with Gasteiger partial charge in [-0.1, -0.05) is 32.9 Å². The van der Waals surface area contributed by atoms with Crippen LogP contribution in [0, 0.1) is 0 Å². The summed E-state index contributed by atoms with van der Waals surface area (Å²) in [6, 6.07) is 12.6. The molecule has 0 fully saturated rings. The maximum atomic E-state index is 12.3. The molecule has 0 saturated heterocycles. The molecule has 0 saturated carbocycles. The van der Waals surface area contributed by atoms with Gasteiger partial charge < -0.3 is 15.2 Å². The molecular weight excluding hydrogens is 340 g/mol. The van der Waals surface area contributed by atoms with Gasteiger partial charge in [0.1, 0.15) is 10.6 Å². The minimum Gasteiger partial charge on any atom is -0.379 e. The lowest BCUT2D eigenvalue weighted by Crippen LogP contribution is -2.21. The number of hydrogen-bond donors (Lipinski definition) is 2. The van der Waals surface area contributed by atoms with Gasteiger partial charge in [-0.05, 0) is 47.4 Å². The van der Waals surface area contributed by atoms with Crippen molar-refractivity contribution in [2.24, 2.45) is 5.73 Å². The van der Waals surface area contributed by atoms with E-state index in [4.69, 9.17) is 9.92 Å². The summed E-state index contributed by atoms with van der Waals surface area (Å²) in [5, 5.41) is 2.54. The topological polar surface area (TPSA) is 98.5 Å². The minimum absolute atomic E-state index is 0.00172. The first-order chi connectivity index (χ1) is 11.6. The molecular formula is C18H22N2O4S. The van der Waals surface area contributed by atoms with Gasteiger partial charge in [-0.25, -0.2) is 0 Å². The molecule has 0 spiro atoms. The Morgan fingerprint density at radius 1 is 1.04 bits per heavy atom. The van der Waals surface area contributed by atoms with Gasteiger partial charge in [0.05, 0.1) is 6.54 Å². The van der Waals surface area contributed by atoms with E-state index in [-0.39, 0.29) is 28.5 Å². The van der Waals surface area contributed by atoms with Crippen LogP contribution >= 0.6 is 0 Å². The van der Waals surface area contributed by atoms with Crippen molar-refractivity contribution >= 4 is 21.7 Å². The van der Waals surface area contributed by atoms with Crippen LogP contribution < -0.4 is 15.2 Å². The highest BCUT2D eigenvalue weighted by Gasteiger charge is 2.18. The average molecular weight is 362 g/mol. The number of nitrogens with one attached hydrogen (secondary N) is 1. The van der Waals surface area contributed by atoms with Crippen molar-refractivity contribution in [2.45, 2.75) is 31.1 Å². The lowest BCUT2D eigenvalue weighted by Gasteiger charge is -2.19.